The highest BCUT2D eigenvalue weighted by Crippen LogP contribution is 2.02. The third-order valence-electron chi connectivity index (χ3n) is 1.40. The molecule has 0 aromatic carbocycles. The molecule has 0 saturated carbocycles. The molecule has 0 aromatic heterocycles. The van der Waals surface area contributed by atoms with Crippen LogP contribution in [0.2, 0.25) is 0 Å². The molecule has 66 valence electrons. The highest BCUT2D eigenvalue weighted by atomic mass is 16.2. The van der Waals surface area contributed by atoms with Crippen LogP contribution in [-0.2, 0) is 4.79 Å². The molecule has 1 aliphatic heterocycles. The van der Waals surface area contributed by atoms with E-state index in [0.717, 1.165) is 25.8 Å². The van der Waals surface area contributed by atoms with E-state index in [1.54, 1.807) is 6.92 Å². The topological polar surface area (TPSA) is 49.3 Å². The maximum Gasteiger partial charge on any atom is 0.219 e. The largest absolute Gasteiger partial charge is 0.397 e. The number of hydrogen-bond donors (Lipinski definition) is 2. The Labute approximate surface area is 67.8 Å². The monoisotopic (exact) mass is 159 g/mol. The minimum absolute atomic E-state index is 0.225. The molecule has 0 aromatic rings. The third kappa shape index (κ3) is 7.33. The van der Waals surface area contributed by atoms with E-state index < -0.39 is 0 Å². The summed E-state index contributed by atoms with van der Waals surface area (Å²) in [5.74, 6) is 0.225. The Balaban J connectivity index is 0.000000292. The summed E-state index contributed by atoms with van der Waals surface area (Å²) in [5.41, 5.74) is 0. The molecule has 2 N–H and O–H groups in total. The number of carbonyl (C=O) groups is 1. The SMILES string of the molecule is CCO.O=C1CCCCCN1. The lowest BCUT2D eigenvalue weighted by Gasteiger charge is -1.93. The highest BCUT2D eigenvalue weighted by molar-refractivity contribution is 5.75. The first-order valence-corrected chi connectivity index (χ1v) is 4.18. The number of rotatable bonds is 0. The molecule has 3 nitrogen and oxygen atoms in total. The second kappa shape index (κ2) is 7.54. The number of carbonyl (C=O) groups excluding carboxylic acids is 1. The van der Waals surface area contributed by atoms with Gasteiger partial charge in [0.25, 0.3) is 0 Å². The summed E-state index contributed by atoms with van der Waals surface area (Å²) in [6.07, 6.45) is 4.18. The number of nitrogens with one attached hydrogen (secondary N) is 1. The molecule has 1 aliphatic rings. The van der Waals surface area contributed by atoms with Crippen molar-refractivity contribution in [3.05, 3.63) is 0 Å². The van der Waals surface area contributed by atoms with Gasteiger partial charge in [-0.3, -0.25) is 4.79 Å². The van der Waals surface area contributed by atoms with Crippen molar-refractivity contribution in [3.63, 3.8) is 0 Å². The van der Waals surface area contributed by atoms with E-state index in [-0.39, 0.29) is 12.5 Å². The maximum absolute atomic E-state index is 10.6. The molecule has 0 bridgehead atoms. The van der Waals surface area contributed by atoms with E-state index in [2.05, 4.69) is 5.32 Å². The molecule has 1 heterocycles. The Kier molecular flexibility index (Phi) is 7.15. The zero-order valence-corrected chi connectivity index (χ0v) is 7.10. The summed E-state index contributed by atoms with van der Waals surface area (Å²) in [4.78, 5) is 10.6. The lowest BCUT2D eigenvalue weighted by Crippen LogP contribution is -2.21. The average Bonchev–Trinajstić information content (AvgIpc) is 2.18. The van der Waals surface area contributed by atoms with Gasteiger partial charge in [0, 0.05) is 19.6 Å². The van der Waals surface area contributed by atoms with E-state index >= 15 is 0 Å². The first kappa shape index (κ1) is 10.4. The molecular weight excluding hydrogens is 142 g/mol. The van der Waals surface area contributed by atoms with Gasteiger partial charge in [0.15, 0.2) is 0 Å². The fourth-order valence-corrected chi connectivity index (χ4v) is 0.904. The summed E-state index contributed by atoms with van der Waals surface area (Å²) < 4.78 is 0. The van der Waals surface area contributed by atoms with Crippen LogP contribution in [0, 0.1) is 0 Å². The van der Waals surface area contributed by atoms with E-state index in [0.29, 0.717) is 0 Å². The zero-order valence-electron chi connectivity index (χ0n) is 7.10. The molecule has 1 saturated heterocycles. The fourth-order valence-electron chi connectivity index (χ4n) is 0.904. The first-order valence-electron chi connectivity index (χ1n) is 4.18. The van der Waals surface area contributed by atoms with Crippen LogP contribution in [-0.4, -0.2) is 24.2 Å². The van der Waals surface area contributed by atoms with Gasteiger partial charge in [0.05, 0.1) is 0 Å². The van der Waals surface area contributed by atoms with Crippen LogP contribution < -0.4 is 5.32 Å². The van der Waals surface area contributed by atoms with Gasteiger partial charge in [-0.1, -0.05) is 6.42 Å². The molecule has 0 aliphatic carbocycles. The molecule has 0 spiro atoms. The molecule has 1 fully saturated rings. The van der Waals surface area contributed by atoms with E-state index in [1.165, 1.54) is 6.42 Å². The molecule has 1 rings (SSSR count). The standard InChI is InChI=1S/C6H11NO.C2H6O/c8-6-4-2-1-3-5-7-6;1-2-3/h1-5H2,(H,7,8);3H,2H2,1H3. The van der Waals surface area contributed by atoms with Crippen molar-refractivity contribution >= 4 is 5.91 Å². The van der Waals surface area contributed by atoms with Crippen LogP contribution in [0.3, 0.4) is 0 Å². The van der Waals surface area contributed by atoms with Crippen LogP contribution >= 0.6 is 0 Å². The Morgan fingerprint density at radius 2 is 2.09 bits per heavy atom. The predicted octanol–water partition coefficient (Wildman–Crippen LogP) is 0.675. The van der Waals surface area contributed by atoms with Crippen molar-refractivity contribution < 1.29 is 9.90 Å². The molecule has 11 heavy (non-hydrogen) atoms. The smallest absolute Gasteiger partial charge is 0.219 e. The van der Waals surface area contributed by atoms with Crippen molar-refractivity contribution in [2.75, 3.05) is 13.2 Å². The molecule has 1 amide bonds. The Bertz CT molecular complexity index is 94.3. The molecule has 3 heteroatoms. The van der Waals surface area contributed by atoms with Gasteiger partial charge in [-0.05, 0) is 19.8 Å². The van der Waals surface area contributed by atoms with Crippen molar-refractivity contribution in [1.82, 2.24) is 5.32 Å². The van der Waals surface area contributed by atoms with Crippen molar-refractivity contribution in [3.8, 4) is 0 Å². The van der Waals surface area contributed by atoms with Gasteiger partial charge in [0.2, 0.25) is 5.91 Å². The van der Waals surface area contributed by atoms with Crippen LogP contribution in [0.5, 0.6) is 0 Å². The number of aliphatic hydroxyl groups excluding tert-OH is 1. The Morgan fingerprint density at radius 1 is 1.45 bits per heavy atom. The third-order valence-corrected chi connectivity index (χ3v) is 1.40. The minimum Gasteiger partial charge on any atom is -0.397 e. The minimum atomic E-state index is 0.225. The van der Waals surface area contributed by atoms with Crippen molar-refractivity contribution in [1.29, 1.82) is 0 Å². The Hall–Kier alpha value is -0.570. The van der Waals surface area contributed by atoms with Crippen LogP contribution in [0.1, 0.15) is 32.6 Å². The second-order valence-corrected chi connectivity index (χ2v) is 2.48. The molecule has 0 radical (unpaired) electrons. The summed E-state index contributed by atoms with van der Waals surface area (Å²) >= 11 is 0. The number of aliphatic hydroxyl groups is 1. The van der Waals surface area contributed by atoms with Crippen LogP contribution in [0.4, 0.5) is 0 Å². The normalized spacial score (nSPS) is 17.5. The number of amides is 1. The van der Waals surface area contributed by atoms with Crippen LogP contribution in [0.25, 0.3) is 0 Å². The van der Waals surface area contributed by atoms with Gasteiger partial charge >= 0.3 is 0 Å². The van der Waals surface area contributed by atoms with Crippen LogP contribution in [0.15, 0.2) is 0 Å². The Morgan fingerprint density at radius 3 is 2.73 bits per heavy atom. The van der Waals surface area contributed by atoms with Gasteiger partial charge in [0.1, 0.15) is 0 Å². The molecular formula is C8H17NO2. The quantitative estimate of drug-likeness (QED) is 0.546. The summed E-state index contributed by atoms with van der Waals surface area (Å²) in [7, 11) is 0. The summed E-state index contributed by atoms with van der Waals surface area (Å²) in [6, 6.07) is 0. The number of hydrogen-bond acceptors (Lipinski definition) is 2. The highest BCUT2D eigenvalue weighted by Gasteiger charge is 2.03. The maximum atomic E-state index is 10.6. The van der Waals surface area contributed by atoms with Crippen molar-refractivity contribution in [2.24, 2.45) is 0 Å². The molecule has 0 unspecified atom stereocenters. The average molecular weight is 159 g/mol. The van der Waals surface area contributed by atoms with Crippen molar-refractivity contribution in [2.45, 2.75) is 32.6 Å². The van der Waals surface area contributed by atoms with Gasteiger partial charge < -0.3 is 10.4 Å². The van der Waals surface area contributed by atoms with E-state index in [9.17, 15) is 4.79 Å². The van der Waals surface area contributed by atoms with Gasteiger partial charge in [-0.25, -0.2) is 0 Å². The zero-order chi connectivity index (χ0) is 8.53. The first-order chi connectivity index (χ1) is 5.31. The summed E-state index contributed by atoms with van der Waals surface area (Å²) in [5, 5.41) is 10.4. The molecule has 0 atom stereocenters. The summed E-state index contributed by atoms with van der Waals surface area (Å²) in [6.45, 7) is 2.82. The fraction of sp³-hybridized carbons (Fsp3) is 0.875. The van der Waals surface area contributed by atoms with E-state index in [4.69, 9.17) is 5.11 Å². The lowest BCUT2D eigenvalue weighted by atomic mass is 10.2. The van der Waals surface area contributed by atoms with Gasteiger partial charge in [-0.2, -0.15) is 0 Å². The lowest BCUT2D eigenvalue weighted by molar-refractivity contribution is -0.120. The van der Waals surface area contributed by atoms with E-state index in [1.807, 2.05) is 0 Å². The predicted molar refractivity (Wildman–Crippen MR) is 44.2 cm³/mol. The van der Waals surface area contributed by atoms with Gasteiger partial charge in [-0.15, -0.1) is 0 Å². The second-order valence-electron chi connectivity index (χ2n) is 2.48.